The summed E-state index contributed by atoms with van der Waals surface area (Å²) in [5.74, 6) is -0.449. The Balaban J connectivity index is 1.61. The van der Waals surface area contributed by atoms with Gasteiger partial charge >= 0.3 is 5.97 Å². The summed E-state index contributed by atoms with van der Waals surface area (Å²) in [4.78, 5) is 24.8. The van der Waals surface area contributed by atoms with Crippen molar-refractivity contribution in [1.29, 1.82) is 0 Å². The molecule has 2 aromatic rings. The van der Waals surface area contributed by atoms with Crippen LogP contribution in [0.5, 0.6) is 0 Å². The van der Waals surface area contributed by atoms with E-state index in [1.165, 1.54) is 33.9 Å². The molecule has 2 heterocycles. The number of carboxylic acid groups (broad SMARTS) is 1. The molecule has 2 aromatic carbocycles. The van der Waals surface area contributed by atoms with Gasteiger partial charge in [-0.05, 0) is 64.2 Å². The first kappa shape index (κ1) is 30.5. The second kappa shape index (κ2) is 13.0. The van der Waals surface area contributed by atoms with Crippen LogP contribution < -0.4 is 4.90 Å². The van der Waals surface area contributed by atoms with E-state index in [-0.39, 0.29) is 23.0 Å². The number of nitrogens with zero attached hydrogens (tertiary/aromatic N) is 2. The number of aliphatic carboxylic acids is 1. The molecule has 0 fully saturated rings. The maximum atomic E-state index is 11.4. The van der Waals surface area contributed by atoms with E-state index >= 15 is 0 Å². The third kappa shape index (κ3) is 6.72. The lowest BCUT2D eigenvalue weighted by Gasteiger charge is -2.27. The Morgan fingerprint density at radius 3 is 2.22 bits per heavy atom. The monoisotopic (exact) mass is 555 g/mol. The van der Waals surface area contributed by atoms with Crippen molar-refractivity contribution in [2.75, 3.05) is 18.0 Å². The Morgan fingerprint density at radius 1 is 0.829 bits per heavy atom. The number of anilines is 1. The largest absolute Gasteiger partial charge is 0.481 e. The first-order chi connectivity index (χ1) is 19.5. The molecule has 0 aliphatic carbocycles. The lowest BCUT2D eigenvalue weighted by atomic mass is 9.81. The smallest absolute Gasteiger partial charge is 0.303 e. The zero-order valence-corrected chi connectivity index (χ0v) is 25.6. The third-order valence-corrected chi connectivity index (χ3v) is 8.79. The van der Waals surface area contributed by atoms with Crippen LogP contribution in [0.3, 0.4) is 0 Å². The van der Waals surface area contributed by atoms with Gasteiger partial charge in [-0.1, -0.05) is 62.7 Å². The van der Waals surface area contributed by atoms with Gasteiger partial charge in [0.05, 0.1) is 5.41 Å². The second-order valence-electron chi connectivity index (χ2n) is 12.6. The van der Waals surface area contributed by atoms with Gasteiger partial charge < -0.3 is 14.8 Å². The van der Waals surface area contributed by atoms with Crippen LogP contribution in [0, 0.1) is 0 Å². The highest BCUT2D eigenvalue weighted by Gasteiger charge is 2.44. The molecule has 5 heteroatoms. The van der Waals surface area contributed by atoms with E-state index in [0.29, 0.717) is 12.8 Å². The van der Waals surface area contributed by atoms with Crippen LogP contribution in [0.1, 0.15) is 97.1 Å². The fourth-order valence-electron chi connectivity index (χ4n) is 6.54. The Hall–Kier alpha value is -3.47. The summed E-state index contributed by atoms with van der Waals surface area (Å²) in [6, 6.07) is 17.4. The highest BCUT2D eigenvalue weighted by molar-refractivity contribution is 6.03. The van der Waals surface area contributed by atoms with Crippen molar-refractivity contribution in [3.63, 3.8) is 0 Å². The summed E-state index contributed by atoms with van der Waals surface area (Å²) in [5, 5.41) is 9.01. The van der Waals surface area contributed by atoms with Crippen molar-refractivity contribution in [3.8, 4) is 0 Å². The molecule has 2 aliphatic heterocycles. The van der Waals surface area contributed by atoms with Crippen molar-refractivity contribution < 1.29 is 19.3 Å². The van der Waals surface area contributed by atoms with E-state index in [9.17, 15) is 9.59 Å². The summed E-state index contributed by atoms with van der Waals surface area (Å²) >= 11 is 0. The second-order valence-corrected chi connectivity index (χ2v) is 12.6. The summed E-state index contributed by atoms with van der Waals surface area (Å²) in [5.41, 5.74) is 7.57. The lowest BCUT2D eigenvalue weighted by molar-refractivity contribution is -0.438. The molecular weight excluding hydrogens is 508 g/mol. The van der Waals surface area contributed by atoms with Gasteiger partial charge in [0.1, 0.15) is 12.3 Å². The number of hydrogen-bond donors (Lipinski definition) is 1. The molecule has 41 heavy (non-hydrogen) atoms. The number of Topliss-reactive ketones (excluding diaryl/α,β-unsaturated/α-hetero) is 1. The average Bonchev–Trinajstić information content (AvgIpc) is 3.27. The van der Waals surface area contributed by atoms with Crippen LogP contribution in [-0.4, -0.2) is 40.2 Å². The molecule has 0 saturated heterocycles. The highest BCUT2D eigenvalue weighted by Crippen LogP contribution is 2.48. The summed E-state index contributed by atoms with van der Waals surface area (Å²) < 4.78 is 2.48. The summed E-state index contributed by atoms with van der Waals surface area (Å²) in [7, 11) is 0. The number of para-hydroxylation sites is 2. The molecule has 0 unspecified atom stereocenters. The number of carboxylic acids is 1. The highest BCUT2D eigenvalue weighted by atomic mass is 16.4. The van der Waals surface area contributed by atoms with Crippen LogP contribution in [0.4, 0.5) is 11.4 Å². The van der Waals surface area contributed by atoms with E-state index in [1.54, 1.807) is 6.92 Å². The number of benzene rings is 2. The quantitative estimate of drug-likeness (QED) is 0.189. The molecular formula is C36H47N2O3+. The van der Waals surface area contributed by atoms with Gasteiger partial charge in [0, 0.05) is 60.3 Å². The number of hydrogen-bond acceptors (Lipinski definition) is 3. The standard InChI is InChI=1S/C36H46N2O3/c1-27(39)17-8-6-14-25-37-30-20-12-10-18-28(30)35(2,3)32(37)22-16-23-33-36(4,5)29-19-11-13-21-31(29)38(33)26-15-7-9-24-34(40)41/h10-13,16,18-23H,6-9,14-15,17,24-26H2,1-5H3/p+1. The fraction of sp³-hybridized carbons (Fsp3) is 0.472. The van der Waals surface area contributed by atoms with Gasteiger partial charge in [-0.3, -0.25) is 4.79 Å². The summed E-state index contributed by atoms with van der Waals surface area (Å²) in [6.45, 7) is 12.7. The van der Waals surface area contributed by atoms with Gasteiger partial charge in [0.25, 0.3) is 0 Å². The van der Waals surface area contributed by atoms with Crippen LogP contribution in [0.25, 0.3) is 0 Å². The van der Waals surface area contributed by atoms with Gasteiger partial charge in [-0.25, -0.2) is 0 Å². The van der Waals surface area contributed by atoms with E-state index in [1.807, 2.05) is 0 Å². The van der Waals surface area contributed by atoms with Gasteiger partial charge in [0.2, 0.25) is 5.69 Å². The molecule has 218 valence electrons. The zero-order chi connectivity index (χ0) is 29.6. The number of carbonyl (C=O) groups is 2. The number of allylic oxidation sites excluding steroid dienone is 4. The zero-order valence-electron chi connectivity index (χ0n) is 25.6. The van der Waals surface area contributed by atoms with E-state index < -0.39 is 5.97 Å². The molecule has 2 aliphatic rings. The maximum Gasteiger partial charge on any atom is 0.303 e. The molecule has 0 aromatic heterocycles. The maximum absolute atomic E-state index is 11.4. The predicted octanol–water partition coefficient (Wildman–Crippen LogP) is 8.10. The molecule has 0 bridgehead atoms. The molecule has 5 nitrogen and oxygen atoms in total. The SMILES string of the molecule is CC(=O)CCCCC[N+]1=C(C=CC=C2N(CCCCCC(=O)O)c3ccccc3C2(C)C)C(C)(C)c2ccccc21. The van der Waals surface area contributed by atoms with Crippen LogP contribution in [-0.2, 0) is 20.4 Å². The topological polar surface area (TPSA) is 60.6 Å². The fourth-order valence-corrected chi connectivity index (χ4v) is 6.54. The van der Waals surface area contributed by atoms with Crippen molar-refractivity contribution >= 4 is 28.8 Å². The molecule has 0 amide bonds. The molecule has 1 N–H and O–H groups in total. The summed E-state index contributed by atoms with van der Waals surface area (Å²) in [6.07, 6.45) is 13.3. The van der Waals surface area contributed by atoms with E-state index in [2.05, 4.69) is 104 Å². The minimum Gasteiger partial charge on any atom is -0.481 e. The van der Waals surface area contributed by atoms with Crippen LogP contribution in [0.15, 0.2) is 72.5 Å². The minimum absolute atomic E-state index is 0.108. The Labute approximate surface area is 246 Å². The molecule has 0 atom stereocenters. The van der Waals surface area contributed by atoms with Crippen LogP contribution >= 0.6 is 0 Å². The number of ketones is 1. The Morgan fingerprint density at radius 2 is 1.49 bits per heavy atom. The first-order valence-electron chi connectivity index (χ1n) is 15.3. The van der Waals surface area contributed by atoms with E-state index in [4.69, 9.17) is 5.11 Å². The van der Waals surface area contributed by atoms with Crippen molar-refractivity contribution in [1.82, 2.24) is 0 Å². The minimum atomic E-state index is -0.719. The predicted molar refractivity (Wildman–Crippen MR) is 169 cm³/mol. The lowest BCUT2D eigenvalue weighted by Crippen LogP contribution is -2.28. The number of fused-ring (bicyclic) bond motifs is 2. The Kier molecular flexibility index (Phi) is 9.68. The van der Waals surface area contributed by atoms with Gasteiger partial charge in [0.15, 0.2) is 5.71 Å². The molecule has 0 spiro atoms. The molecule has 0 saturated carbocycles. The molecule has 4 rings (SSSR count). The van der Waals surface area contributed by atoms with Crippen molar-refractivity contribution in [2.45, 2.75) is 96.8 Å². The van der Waals surface area contributed by atoms with Gasteiger partial charge in [-0.2, -0.15) is 4.58 Å². The number of rotatable bonds is 14. The molecule has 0 radical (unpaired) electrons. The first-order valence-corrected chi connectivity index (χ1v) is 15.3. The van der Waals surface area contributed by atoms with Crippen molar-refractivity contribution in [3.05, 3.63) is 83.6 Å². The van der Waals surface area contributed by atoms with Crippen LogP contribution in [0.2, 0.25) is 0 Å². The number of carbonyl (C=O) groups excluding carboxylic acids is 1. The number of unbranched alkanes of at least 4 members (excludes halogenated alkanes) is 4. The Bertz CT molecular complexity index is 1360. The normalized spacial score (nSPS) is 17.9. The average molecular weight is 556 g/mol. The third-order valence-electron chi connectivity index (χ3n) is 8.79. The van der Waals surface area contributed by atoms with E-state index in [0.717, 1.165) is 45.2 Å². The van der Waals surface area contributed by atoms with Crippen molar-refractivity contribution in [2.24, 2.45) is 0 Å². The van der Waals surface area contributed by atoms with Gasteiger partial charge in [-0.15, -0.1) is 0 Å².